The Morgan fingerprint density at radius 2 is 1.69 bits per heavy atom. The number of aryl methyl sites for hydroxylation is 3. The predicted molar refractivity (Wildman–Crippen MR) is 144 cm³/mol. The molecule has 0 bridgehead atoms. The Kier molecular flexibility index (Phi) is 7.17. The largest absolute Gasteiger partial charge is 0.322 e. The van der Waals surface area contributed by atoms with E-state index >= 15 is 0 Å². The molecule has 0 unspecified atom stereocenters. The van der Waals surface area contributed by atoms with Crippen LogP contribution in [0.1, 0.15) is 45.5 Å². The van der Waals surface area contributed by atoms with Crippen molar-refractivity contribution in [2.24, 2.45) is 0 Å². The molecule has 1 saturated heterocycles. The van der Waals surface area contributed by atoms with Crippen molar-refractivity contribution in [3.63, 3.8) is 0 Å². The van der Waals surface area contributed by atoms with Gasteiger partial charge in [0, 0.05) is 29.9 Å². The molecule has 1 N–H and O–H groups in total. The van der Waals surface area contributed by atoms with Gasteiger partial charge in [-0.25, -0.2) is 8.42 Å². The number of benzene rings is 3. The zero-order valence-electron chi connectivity index (χ0n) is 21.0. The predicted octanol–water partition coefficient (Wildman–Crippen LogP) is 4.96. The summed E-state index contributed by atoms with van der Waals surface area (Å²) < 4.78 is 26.5. The number of amides is 2. The van der Waals surface area contributed by atoms with E-state index < -0.39 is 10.0 Å². The molecule has 3 aromatic rings. The van der Waals surface area contributed by atoms with E-state index in [1.165, 1.54) is 10.6 Å². The van der Waals surface area contributed by atoms with E-state index in [1.807, 2.05) is 51.1 Å². The van der Waals surface area contributed by atoms with E-state index in [0.29, 0.717) is 23.4 Å². The van der Waals surface area contributed by atoms with Crippen LogP contribution in [0.5, 0.6) is 0 Å². The Morgan fingerprint density at radius 3 is 2.31 bits per heavy atom. The molecule has 188 valence electrons. The summed E-state index contributed by atoms with van der Waals surface area (Å²) in [5.41, 5.74) is 6.18. The van der Waals surface area contributed by atoms with E-state index in [-0.39, 0.29) is 18.4 Å². The minimum Gasteiger partial charge on any atom is -0.322 e. The van der Waals surface area contributed by atoms with Gasteiger partial charge in [-0.15, -0.1) is 0 Å². The van der Waals surface area contributed by atoms with Crippen molar-refractivity contribution in [2.45, 2.75) is 40.2 Å². The second kappa shape index (κ2) is 10.1. The van der Waals surface area contributed by atoms with Crippen LogP contribution in [0, 0.1) is 20.8 Å². The van der Waals surface area contributed by atoms with Crippen LogP contribution < -0.4 is 14.5 Å². The maximum absolute atomic E-state index is 12.8. The normalized spacial score (nSPS) is 13.7. The summed E-state index contributed by atoms with van der Waals surface area (Å²) in [4.78, 5) is 26.7. The average Bonchev–Trinajstić information content (AvgIpc) is 3.24. The van der Waals surface area contributed by atoms with Crippen LogP contribution in [0.25, 0.3) is 0 Å². The zero-order chi connectivity index (χ0) is 26.0. The first kappa shape index (κ1) is 25.4. The van der Waals surface area contributed by atoms with E-state index in [2.05, 4.69) is 5.32 Å². The average molecular weight is 506 g/mol. The minimum atomic E-state index is -3.51. The first-order chi connectivity index (χ1) is 17.0. The fourth-order valence-corrected chi connectivity index (χ4v) is 5.38. The van der Waals surface area contributed by atoms with Gasteiger partial charge in [-0.1, -0.05) is 24.3 Å². The summed E-state index contributed by atoms with van der Waals surface area (Å²) in [5, 5.41) is 2.90. The lowest BCUT2D eigenvalue weighted by molar-refractivity contribution is -0.117. The van der Waals surface area contributed by atoms with E-state index in [9.17, 15) is 18.0 Å². The highest BCUT2D eigenvalue weighted by atomic mass is 32.2. The lowest BCUT2D eigenvalue weighted by Crippen LogP contribution is -2.30. The Bertz CT molecular complexity index is 1420. The number of hydrogen-bond donors (Lipinski definition) is 1. The first-order valence-electron chi connectivity index (χ1n) is 11.9. The molecule has 1 aliphatic rings. The van der Waals surface area contributed by atoms with Gasteiger partial charge in [0.1, 0.15) is 0 Å². The molecule has 0 saturated carbocycles. The molecule has 0 spiro atoms. The van der Waals surface area contributed by atoms with Crippen LogP contribution in [0.2, 0.25) is 0 Å². The van der Waals surface area contributed by atoms with Crippen LogP contribution in [0.4, 0.5) is 17.1 Å². The standard InChI is InChI=1S/C28H31N3O4S/c1-19-7-8-20(2)26(16-19)31(36(4,34)35)18-22-9-11-23(12-10-22)28(33)29-24-13-14-25(21(3)17-24)30-15-5-6-27(30)32/h7-14,16-17H,5-6,15,18H2,1-4H3,(H,29,33). The summed E-state index contributed by atoms with van der Waals surface area (Å²) >= 11 is 0. The highest BCUT2D eigenvalue weighted by Gasteiger charge is 2.23. The lowest BCUT2D eigenvalue weighted by Gasteiger charge is -2.25. The molecule has 8 heteroatoms. The van der Waals surface area contributed by atoms with Gasteiger partial charge in [0.2, 0.25) is 15.9 Å². The Balaban J connectivity index is 1.48. The van der Waals surface area contributed by atoms with Gasteiger partial charge in [0.15, 0.2) is 0 Å². The van der Waals surface area contributed by atoms with Crippen molar-refractivity contribution in [3.05, 3.63) is 88.5 Å². The topological polar surface area (TPSA) is 86.8 Å². The summed E-state index contributed by atoms with van der Waals surface area (Å²) in [6.07, 6.45) is 2.63. The number of sulfonamides is 1. The van der Waals surface area contributed by atoms with Crippen molar-refractivity contribution in [3.8, 4) is 0 Å². The van der Waals surface area contributed by atoms with Crippen LogP contribution >= 0.6 is 0 Å². The lowest BCUT2D eigenvalue weighted by atomic mass is 10.1. The van der Waals surface area contributed by atoms with E-state index in [1.54, 1.807) is 35.2 Å². The fraction of sp³-hybridized carbons (Fsp3) is 0.286. The number of hydrogen-bond acceptors (Lipinski definition) is 4. The van der Waals surface area contributed by atoms with Crippen LogP contribution in [-0.4, -0.2) is 33.0 Å². The molecule has 0 atom stereocenters. The molecular weight excluding hydrogens is 474 g/mol. The molecular formula is C28H31N3O4S. The first-order valence-corrected chi connectivity index (χ1v) is 13.7. The van der Waals surface area contributed by atoms with Gasteiger partial charge in [-0.05, 0) is 85.8 Å². The van der Waals surface area contributed by atoms with Gasteiger partial charge < -0.3 is 10.2 Å². The summed E-state index contributed by atoms with van der Waals surface area (Å²) in [7, 11) is -3.51. The minimum absolute atomic E-state index is 0.127. The molecule has 1 heterocycles. The molecule has 0 aliphatic carbocycles. The van der Waals surface area contributed by atoms with Crippen molar-refractivity contribution >= 4 is 38.9 Å². The number of carbonyl (C=O) groups is 2. The third kappa shape index (κ3) is 5.60. The molecule has 2 amide bonds. The summed E-state index contributed by atoms with van der Waals surface area (Å²) in [6.45, 7) is 6.63. The molecule has 1 aliphatic heterocycles. The number of carbonyl (C=O) groups excluding carboxylic acids is 2. The SMILES string of the molecule is Cc1ccc(C)c(N(Cc2ccc(C(=O)Nc3ccc(N4CCCC4=O)c(C)c3)cc2)S(C)(=O)=O)c1. The number of nitrogens with zero attached hydrogens (tertiary/aromatic N) is 2. The number of rotatable bonds is 7. The van der Waals surface area contributed by atoms with Crippen molar-refractivity contribution in [1.29, 1.82) is 0 Å². The van der Waals surface area contributed by atoms with Crippen LogP contribution in [0.3, 0.4) is 0 Å². The number of nitrogens with one attached hydrogen (secondary N) is 1. The van der Waals surface area contributed by atoms with Crippen molar-refractivity contribution in [2.75, 3.05) is 27.3 Å². The second-order valence-corrected chi connectivity index (χ2v) is 11.3. The Morgan fingerprint density at radius 1 is 0.972 bits per heavy atom. The molecule has 1 fully saturated rings. The zero-order valence-corrected chi connectivity index (χ0v) is 21.9. The maximum Gasteiger partial charge on any atom is 0.255 e. The highest BCUT2D eigenvalue weighted by molar-refractivity contribution is 7.92. The van der Waals surface area contributed by atoms with E-state index in [4.69, 9.17) is 0 Å². The molecule has 0 aromatic heterocycles. The van der Waals surface area contributed by atoms with Gasteiger partial charge >= 0.3 is 0 Å². The monoisotopic (exact) mass is 505 g/mol. The Hall–Kier alpha value is -3.65. The molecule has 36 heavy (non-hydrogen) atoms. The number of anilines is 3. The second-order valence-electron chi connectivity index (χ2n) is 9.36. The van der Waals surface area contributed by atoms with Crippen molar-refractivity contribution < 1.29 is 18.0 Å². The highest BCUT2D eigenvalue weighted by Crippen LogP contribution is 2.28. The third-order valence-corrected chi connectivity index (χ3v) is 7.52. The maximum atomic E-state index is 12.8. The van der Waals surface area contributed by atoms with E-state index in [0.717, 1.165) is 40.9 Å². The van der Waals surface area contributed by atoms with Gasteiger partial charge in [-0.3, -0.25) is 13.9 Å². The third-order valence-electron chi connectivity index (χ3n) is 6.39. The van der Waals surface area contributed by atoms with Crippen molar-refractivity contribution in [1.82, 2.24) is 0 Å². The quantitative estimate of drug-likeness (QED) is 0.492. The Labute approximate surface area is 212 Å². The fourth-order valence-electron chi connectivity index (χ4n) is 4.44. The van der Waals surface area contributed by atoms with Crippen LogP contribution in [-0.2, 0) is 21.4 Å². The smallest absolute Gasteiger partial charge is 0.255 e. The van der Waals surface area contributed by atoms with Gasteiger partial charge in [0.05, 0.1) is 18.5 Å². The van der Waals surface area contributed by atoms with Gasteiger partial charge in [-0.2, -0.15) is 0 Å². The summed E-state index contributed by atoms with van der Waals surface area (Å²) in [5.74, 6) is -0.137. The summed E-state index contributed by atoms with van der Waals surface area (Å²) in [6, 6.07) is 18.2. The van der Waals surface area contributed by atoms with Gasteiger partial charge in [0.25, 0.3) is 5.91 Å². The molecule has 4 rings (SSSR count). The molecule has 7 nitrogen and oxygen atoms in total. The molecule has 0 radical (unpaired) electrons. The molecule has 3 aromatic carbocycles. The van der Waals surface area contributed by atoms with Crippen LogP contribution in [0.15, 0.2) is 60.7 Å².